The molecule has 2 heterocycles. The highest BCUT2D eigenvalue weighted by Gasteiger charge is 2.29. The monoisotopic (exact) mass is 557 g/mol. The van der Waals surface area contributed by atoms with Gasteiger partial charge < -0.3 is 24.8 Å². The van der Waals surface area contributed by atoms with Gasteiger partial charge in [0.15, 0.2) is 5.96 Å². The Morgan fingerprint density at radius 3 is 2.44 bits per heavy atom. The van der Waals surface area contributed by atoms with Crippen molar-refractivity contribution in [2.24, 2.45) is 10.9 Å². The minimum atomic E-state index is -0.143. The summed E-state index contributed by atoms with van der Waals surface area (Å²) in [6.45, 7) is 9.53. The molecule has 0 saturated carbocycles. The molecule has 0 radical (unpaired) electrons. The minimum absolute atomic E-state index is 0. The number of amides is 1. The molecule has 0 bridgehead atoms. The first kappa shape index (κ1) is 26.2. The number of rotatable bonds is 6. The summed E-state index contributed by atoms with van der Waals surface area (Å²) in [5, 5.41) is 3.28. The van der Waals surface area contributed by atoms with Gasteiger partial charge in [0.1, 0.15) is 6.54 Å². The SMILES string of the molecule is CCNC(=NCC(=O)N1CCN(c2ccccc2)CC1)N1CCCC(C(=O)OCC)C1.I. The van der Waals surface area contributed by atoms with E-state index in [-0.39, 0.29) is 48.3 Å². The van der Waals surface area contributed by atoms with Crippen LogP contribution in [0.4, 0.5) is 5.69 Å². The van der Waals surface area contributed by atoms with Gasteiger partial charge in [-0.2, -0.15) is 0 Å². The Morgan fingerprint density at radius 2 is 1.78 bits per heavy atom. The van der Waals surface area contributed by atoms with Crippen LogP contribution in [0.25, 0.3) is 0 Å². The summed E-state index contributed by atoms with van der Waals surface area (Å²) in [4.78, 5) is 35.8. The van der Waals surface area contributed by atoms with Gasteiger partial charge in [-0.15, -0.1) is 24.0 Å². The summed E-state index contributed by atoms with van der Waals surface area (Å²) in [5.41, 5.74) is 1.20. The molecule has 0 aromatic heterocycles. The number of nitrogens with zero attached hydrogens (tertiary/aromatic N) is 4. The molecule has 0 aliphatic carbocycles. The molecule has 9 heteroatoms. The lowest BCUT2D eigenvalue weighted by Crippen LogP contribution is -2.50. The molecule has 2 saturated heterocycles. The molecule has 0 spiro atoms. The smallest absolute Gasteiger partial charge is 0.310 e. The van der Waals surface area contributed by atoms with Crippen molar-refractivity contribution >= 4 is 47.5 Å². The lowest BCUT2D eigenvalue weighted by atomic mass is 9.98. The number of nitrogens with one attached hydrogen (secondary N) is 1. The number of esters is 1. The first-order chi connectivity index (χ1) is 15.1. The van der Waals surface area contributed by atoms with E-state index in [9.17, 15) is 9.59 Å². The summed E-state index contributed by atoms with van der Waals surface area (Å²) < 4.78 is 5.20. The predicted molar refractivity (Wildman–Crippen MR) is 138 cm³/mol. The molecule has 2 aliphatic heterocycles. The molecular weight excluding hydrogens is 521 g/mol. The number of likely N-dealkylation sites (tertiary alicyclic amines) is 1. The number of carbonyl (C=O) groups is 2. The van der Waals surface area contributed by atoms with Gasteiger partial charge in [0.25, 0.3) is 0 Å². The van der Waals surface area contributed by atoms with Crippen LogP contribution >= 0.6 is 24.0 Å². The highest BCUT2D eigenvalue weighted by atomic mass is 127. The fourth-order valence-corrected chi connectivity index (χ4v) is 4.14. The number of aliphatic imine (C=N–C) groups is 1. The minimum Gasteiger partial charge on any atom is -0.466 e. The molecule has 1 unspecified atom stereocenters. The van der Waals surface area contributed by atoms with E-state index in [1.54, 1.807) is 0 Å². The number of hydrogen-bond acceptors (Lipinski definition) is 5. The number of piperazine rings is 1. The van der Waals surface area contributed by atoms with Gasteiger partial charge in [0.2, 0.25) is 5.91 Å². The van der Waals surface area contributed by atoms with Gasteiger partial charge in [-0.05, 0) is 38.8 Å². The van der Waals surface area contributed by atoms with E-state index in [1.165, 1.54) is 5.69 Å². The van der Waals surface area contributed by atoms with Crippen LogP contribution in [-0.4, -0.2) is 86.6 Å². The Morgan fingerprint density at radius 1 is 1.06 bits per heavy atom. The Bertz CT molecular complexity index is 753. The molecular formula is C23H36IN5O3. The number of halogens is 1. The van der Waals surface area contributed by atoms with E-state index in [2.05, 4.69) is 32.2 Å². The van der Waals surface area contributed by atoms with Crippen LogP contribution in [0.3, 0.4) is 0 Å². The lowest BCUT2D eigenvalue weighted by molar-refractivity contribution is -0.149. The van der Waals surface area contributed by atoms with E-state index in [0.29, 0.717) is 38.7 Å². The van der Waals surface area contributed by atoms with Crippen LogP contribution in [0.5, 0.6) is 0 Å². The number of anilines is 1. The number of hydrogen-bond donors (Lipinski definition) is 1. The fourth-order valence-electron chi connectivity index (χ4n) is 4.14. The van der Waals surface area contributed by atoms with Crippen LogP contribution in [0.1, 0.15) is 26.7 Å². The summed E-state index contributed by atoms with van der Waals surface area (Å²) in [7, 11) is 0. The quantitative estimate of drug-likeness (QED) is 0.250. The van der Waals surface area contributed by atoms with Crippen LogP contribution < -0.4 is 10.2 Å². The number of ether oxygens (including phenoxy) is 1. The fraction of sp³-hybridized carbons (Fsp3) is 0.609. The zero-order valence-corrected chi connectivity index (χ0v) is 21.5. The Hall–Kier alpha value is -2.04. The summed E-state index contributed by atoms with van der Waals surface area (Å²) in [6.07, 6.45) is 1.74. The second kappa shape index (κ2) is 13.5. The highest BCUT2D eigenvalue weighted by molar-refractivity contribution is 14.0. The van der Waals surface area contributed by atoms with Crippen LogP contribution in [0.15, 0.2) is 35.3 Å². The summed E-state index contributed by atoms with van der Waals surface area (Å²) in [5.74, 6) is 0.463. The number of piperidine rings is 1. The Labute approximate surface area is 208 Å². The number of benzene rings is 1. The van der Waals surface area contributed by atoms with Crippen molar-refractivity contribution in [2.75, 3.05) is 63.9 Å². The molecule has 32 heavy (non-hydrogen) atoms. The zero-order valence-electron chi connectivity index (χ0n) is 19.2. The summed E-state index contributed by atoms with van der Waals surface area (Å²) >= 11 is 0. The van der Waals surface area contributed by atoms with Gasteiger partial charge in [0, 0.05) is 51.5 Å². The van der Waals surface area contributed by atoms with E-state index < -0.39 is 0 Å². The van der Waals surface area contributed by atoms with Crippen molar-refractivity contribution in [3.05, 3.63) is 30.3 Å². The molecule has 8 nitrogen and oxygen atoms in total. The molecule has 178 valence electrons. The van der Waals surface area contributed by atoms with Crippen LogP contribution in [-0.2, 0) is 14.3 Å². The molecule has 1 N–H and O–H groups in total. The predicted octanol–water partition coefficient (Wildman–Crippen LogP) is 2.19. The lowest BCUT2D eigenvalue weighted by Gasteiger charge is -2.36. The van der Waals surface area contributed by atoms with E-state index in [0.717, 1.165) is 32.5 Å². The first-order valence-corrected chi connectivity index (χ1v) is 11.4. The molecule has 1 aromatic carbocycles. The van der Waals surface area contributed by atoms with Gasteiger partial charge in [-0.25, -0.2) is 4.99 Å². The van der Waals surface area contributed by atoms with Crippen LogP contribution in [0, 0.1) is 5.92 Å². The van der Waals surface area contributed by atoms with Gasteiger partial charge >= 0.3 is 5.97 Å². The molecule has 1 amide bonds. The maximum absolute atomic E-state index is 12.8. The molecule has 1 atom stereocenters. The average Bonchev–Trinajstić information content (AvgIpc) is 2.82. The van der Waals surface area contributed by atoms with Crippen molar-refractivity contribution in [3.63, 3.8) is 0 Å². The molecule has 2 aliphatic rings. The number of para-hydroxylation sites is 1. The third-order valence-electron chi connectivity index (χ3n) is 5.79. The van der Waals surface area contributed by atoms with Gasteiger partial charge in [0.05, 0.1) is 12.5 Å². The normalized spacial score (nSPS) is 19.2. The van der Waals surface area contributed by atoms with Crippen molar-refractivity contribution in [2.45, 2.75) is 26.7 Å². The molecule has 2 fully saturated rings. The van der Waals surface area contributed by atoms with Crippen LogP contribution in [0.2, 0.25) is 0 Å². The Balaban J connectivity index is 0.00000363. The average molecular weight is 557 g/mol. The van der Waals surface area contributed by atoms with E-state index >= 15 is 0 Å². The van der Waals surface area contributed by atoms with Crippen molar-refractivity contribution in [1.82, 2.24) is 15.1 Å². The molecule has 1 aromatic rings. The van der Waals surface area contributed by atoms with Crippen molar-refractivity contribution < 1.29 is 14.3 Å². The van der Waals surface area contributed by atoms with Crippen molar-refractivity contribution in [3.8, 4) is 0 Å². The van der Waals surface area contributed by atoms with Gasteiger partial charge in [-0.1, -0.05) is 18.2 Å². The maximum Gasteiger partial charge on any atom is 0.310 e. The first-order valence-electron chi connectivity index (χ1n) is 11.4. The second-order valence-corrected chi connectivity index (χ2v) is 7.91. The number of carbonyl (C=O) groups excluding carboxylic acids is 2. The summed E-state index contributed by atoms with van der Waals surface area (Å²) in [6, 6.07) is 10.3. The second-order valence-electron chi connectivity index (χ2n) is 7.91. The topological polar surface area (TPSA) is 77.5 Å². The third kappa shape index (κ3) is 7.25. The maximum atomic E-state index is 12.8. The molecule has 3 rings (SSSR count). The third-order valence-corrected chi connectivity index (χ3v) is 5.79. The van der Waals surface area contributed by atoms with E-state index in [1.807, 2.05) is 36.9 Å². The highest BCUT2D eigenvalue weighted by Crippen LogP contribution is 2.18. The number of guanidine groups is 1. The largest absolute Gasteiger partial charge is 0.466 e. The standard InChI is InChI=1S/C23H35N5O3.HI/c1-3-24-23(28-12-8-9-19(18-28)22(30)31-4-2)25-17-21(29)27-15-13-26(14-16-27)20-10-6-5-7-11-20;/h5-7,10-11,19H,3-4,8-9,12-18H2,1-2H3,(H,24,25);1H. The zero-order chi connectivity index (χ0) is 22.1. The van der Waals surface area contributed by atoms with Crippen molar-refractivity contribution in [1.29, 1.82) is 0 Å². The van der Waals surface area contributed by atoms with Gasteiger partial charge in [-0.3, -0.25) is 9.59 Å². The van der Waals surface area contributed by atoms with E-state index in [4.69, 9.17) is 4.74 Å². The Kier molecular flexibility index (Phi) is 11.1.